The van der Waals surface area contributed by atoms with Gasteiger partial charge in [-0.05, 0) is 37.7 Å². The van der Waals surface area contributed by atoms with Crippen molar-refractivity contribution in [3.05, 3.63) is 23.3 Å². The first kappa shape index (κ1) is 14.9. The van der Waals surface area contributed by atoms with Gasteiger partial charge in [0, 0.05) is 31.9 Å². The first-order valence-electron chi connectivity index (χ1n) is 8.00. The van der Waals surface area contributed by atoms with Crippen LogP contribution < -0.4 is 5.32 Å². The highest BCUT2D eigenvalue weighted by Crippen LogP contribution is 2.19. The van der Waals surface area contributed by atoms with Crippen LogP contribution in [0.2, 0.25) is 0 Å². The van der Waals surface area contributed by atoms with Crippen molar-refractivity contribution in [1.29, 1.82) is 0 Å². The van der Waals surface area contributed by atoms with E-state index in [4.69, 9.17) is 0 Å². The van der Waals surface area contributed by atoms with Crippen molar-refractivity contribution in [3.8, 4) is 0 Å². The number of carbonyl (C=O) groups is 2. The van der Waals surface area contributed by atoms with Gasteiger partial charge in [0.15, 0.2) is 0 Å². The fraction of sp³-hybridized carbons (Fsp3) is 0.625. The summed E-state index contributed by atoms with van der Waals surface area (Å²) >= 11 is 0. The maximum Gasteiger partial charge on any atom is 0.225 e. The fourth-order valence-electron chi connectivity index (χ4n) is 3.23. The van der Waals surface area contributed by atoms with Crippen LogP contribution in [-0.2, 0) is 29.0 Å². The van der Waals surface area contributed by atoms with Gasteiger partial charge in [0.05, 0.1) is 12.5 Å². The maximum atomic E-state index is 12.3. The summed E-state index contributed by atoms with van der Waals surface area (Å²) in [5, 5.41) is 2.92. The van der Waals surface area contributed by atoms with Crippen LogP contribution in [0.5, 0.6) is 0 Å². The zero-order valence-electron chi connectivity index (χ0n) is 13.0. The molecule has 0 saturated carbocycles. The predicted octanol–water partition coefficient (Wildman–Crippen LogP) is 0.840. The summed E-state index contributed by atoms with van der Waals surface area (Å²) in [6, 6.07) is 0. The van der Waals surface area contributed by atoms with E-state index in [1.54, 1.807) is 11.8 Å². The highest BCUT2D eigenvalue weighted by molar-refractivity contribution is 5.80. The lowest BCUT2D eigenvalue weighted by molar-refractivity contribution is -0.134. The zero-order chi connectivity index (χ0) is 15.5. The lowest BCUT2D eigenvalue weighted by atomic mass is 9.97. The van der Waals surface area contributed by atoms with Gasteiger partial charge < -0.3 is 10.2 Å². The molecule has 2 amide bonds. The Morgan fingerprint density at radius 3 is 3.05 bits per heavy atom. The zero-order valence-corrected chi connectivity index (χ0v) is 13.0. The highest BCUT2D eigenvalue weighted by Gasteiger charge is 2.27. The van der Waals surface area contributed by atoms with Gasteiger partial charge in [-0.1, -0.05) is 0 Å². The number of aryl methyl sites for hydroxylation is 2. The lowest BCUT2D eigenvalue weighted by Crippen LogP contribution is -2.44. The van der Waals surface area contributed by atoms with Crippen LogP contribution in [0.15, 0.2) is 6.20 Å². The minimum atomic E-state index is -0.118. The summed E-state index contributed by atoms with van der Waals surface area (Å²) < 4.78 is 0. The number of hydrogen-bond acceptors (Lipinski definition) is 4. The SMILES string of the molecule is CC(=O)N1CCC[C@@H](C(=O)NCc2ncc3c(n2)CCC3)C1. The first-order valence-corrected chi connectivity index (χ1v) is 8.00. The minimum Gasteiger partial charge on any atom is -0.349 e. The van der Waals surface area contributed by atoms with E-state index >= 15 is 0 Å². The summed E-state index contributed by atoms with van der Waals surface area (Å²) in [6.07, 6.45) is 6.81. The van der Waals surface area contributed by atoms with Gasteiger partial charge in [0.1, 0.15) is 5.82 Å². The molecule has 2 heterocycles. The molecule has 2 aliphatic rings. The number of nitrogens with zero attached hydrogens (tertiary/aromatic N) is 3. The summed E-state index contributed by atoms with van der Waals surface area (Å²) in [7, 11) is 0. The molecule has 1 aromatic heterocycles. The molecule has 1 aliphatic carbocycles. The molecule has 1 fully saturated rings. The van der Waals surface area contributed by atoms with Crippen molar-refractivity contribution >= 4 is 11.8 Å². The van der Waals surface area contributed by atoms with Crippen LogP contribution in [0.1, 0.15) is 43.3 Å². The number of carbonyl (C=O) groups excluding carboxylic acids is 2. The molecule has 1 aliphatic heterocycles. The summed E-state index contributed by atoms with van der Waals surface area (Å²) in [5.74, 6) is 0.592. The number of amides is 2. The Labute approximate surface area is 130 Å². The van der Waals surface area contributed by atoms with Crippen LogP contribution >= 0.6 is 0 Å². The van der Waals surface area contributed by atoms with Gasteiger partial charge in [-0.25, -0.2) is 9.97 Å². The standard InChI is InChI=1S/C16H22N4O2/c1-11(21)20-7-3-5-13(10-20)16(22)18-9-15-17-8-12-4-2-6-14(12)19-15/h8,13H,2-7,9-10H2,1H3,(H,18,22)/t13-/m1/s1. The van der Waals surface area contributed by atoms with E-state index in [0.29, 0.717) is 18.9 Å². The fourth-order valence-corrected chi connectivity index (χ4v) is 3.23. The molecule has 1 N–H and O–H groups in total. The van der Waals surface area contributed by atoms with Gasteiger partial charge in [-0.3, -0.25) is 9.59 Å². The molecular formula is C16H22N4O2. The third-order valence-electron chi connectivity index (χ3n) is 4.52. The Kier molecular flexibility index (Phi) is 4.36. The van der Waals surface area contributed by atoms with Crippen LogP contribution in [-0.4, -0.2) is 39.8 Å². The number of fused-ring (bicyclic) bond motifs is 1. The Hall–Kier alpha value is -1.98. The molecule has 118 valence electrons. The quantitative estimate of drug-likeness (QED) is 0.898. The highest BCUT2D eigenvalue weighted by atomic mass is 16.2. The molecule has 22 heavy (non-hydrogen) atoms. The normalized spacial score (nSPS) is 20.6. The largest absolute Gasteiger partial charge is 0.349 e. The molecular weight excluding hydrogens is 280 g/mol. The number of rotatable bonds is 3. The van der Waals surface area contributed by atoms with E-state index < -0.39 is 0 Å². The second kappa shape index (κ2) is 6.42. The van der Waals surface area contributed by atoms with Crippen molar-refractivity contribution in [1.82, 2.24) is 20.2 Å². The van der Waals surface area contributed by atoms with Crippen LogP contribution in [0.3, 0.4) is 0 Å². The predicted molar refractivity (Wildman–Crippen MR) is 80.9 cm³/mol. The number of nitrogens with one attached hydrogen (secondary N) is 1. The minimum absolute atomic E-state index is 0.00458. The molecule has 3 rings (SSSR count). The second-order valence-corrected chi connectivity index (χ2v) is 6.13. The number of piperidine rings is 1. The number of aromatic nitrogens is 2. The molecule has 1 aromatic rings. The van der Waals surface area contributed by atoms with Crippen molar-refractivity contribution in [2.45, 2.75) is 45.6 Å². The van der Waals surface area contributed by atoms with E-state index in [1.807, 2.05) is 6.20 Å². The first-order chi connectivity index (χ1) is 10.6. The lowest BCUT2D eigenvalue weighted by Gasteiger charge is -2.31. The molecule has 6 heteroatoms. The molecule has 6 nitrogen and oxygen atoms in total. The summed E-state index contributed by atoms with van der Waals surface area (Å²) in [4.78, 5) is 34.3. The van der Waals surface area contributed by atoms with Gasteiger partial charge in [0.2, 0.25) is 11.8 Å². The van der Waals surface area contributed by atoms with E-state index in [9.17, 15) is 9.59 Å². The third kappa shape index (κ3) is 3.26. The van der Waals surface area contributed by atoms with Crippen LogP contribution in [0, 0.1) is 5.92 Å². The average molecular weight is 302 g/mol. The smallest absolute Gasteiger partial charge is 0.225 e. The Morgan fingerprint density at radius 1 is 1.36 bits per heavy atom. The van der Waals surface area contributed by atoms with Gasteiger partial charge >= 0.3 is 0 Å². The molecule has 0 unspecified atom stereocenters. The van der Waals surface area contributed by atoms with Gasteiger partial charge in [-0.15, -0.1) is 0 Å². The Morgan fingerprint density at radius 2 is 2.23 bits per heavy atom. The molecule has 0 radical (unpaired) electrons. The maximum absolute atomic E-state index is 12.3. The molecule has 1 atom stereocenters. The molecule has 1 saturated heterocycles. The van der Waals surface area contributed by atoms with E-state index in [0.717, 1.165) is 44.3 Å². The molecule has 0 spiro atoms. The summed E-state index contributed by atoms with van der Waals surface area (Å²) in [6.45, 7) is 3.20. The van der Waals surface area contributed by atoms with E-state index in [2.05, 4.69) is 15.3 Å². The van der Waals surface area contributed by atoms with Crippen LogP contribution in [0.25, 0.3) is 0 Å². The van der Waals surface area contributed by atoms with E-state index in [1.165, 1.54) is 5.56 Å². The Bertz CT molecular complexity index is 588. The number of hydrogen-bond donors (Lipinski definition) is 1. The topological polar surface area (TPSA) is 75.2 Å². The molecule has 0 bridgehead atoms. The Balaban J connectivity index is 1.54. The molecule has 0 aromatic carbocycles. The van der Waals surface area contributed by atoms with Gasteiger partial charge in [-0.2, -0.15) is 0 Å². The monoisotopic (exact) mass is 302 g/mol. The van der Waals surface area contributed by atoms with Crippen LogP contribution in [0.4, 0.5) is 0 Å². The van der Waals surface area contributed by atoms with Crippen molar-refractivity contribution < 1.29 is 9.59 Å². The van der Waals surface area contributed by atoms with Gasteiger partial charge in [0.25, 0.3) is 0 Å². The second-order valence-electron chi connectivity index (χ2n) is 6.13. The van der Waals surface area contributed by atoms with E-state index in [-0.39, 0.29) is 17.7 Å². The van der Waals surface area contributed by atoms with Crippen molar-refractivity contribution in [3.63, 3.8) is 0 Å². The summed E-state index contributed by atoms with van der Waals surface area (Å²) in [5.41, 5.74) is 2.36. The number of likely N-dealkylation sites (tertiary alicyclic amines) is 1. The average Bonchev–Trinajstić information content (AvgIpc) is 3.00. The third-order valence-corrected chi connectivity index (χ3v) is 4.52. The van der Waals surface area contributed by atoms with Crippen molar-refractivity contribution in [2.24, 2.45) is 5.92 Å². The van der Waals surface area contributed by atoms with Crippen molar-refractivity contribution in [2.75, 3.05) is 13.1 Å².